The first-order chi connectivity index (χ1) is 9.11. The Morgan fingerprint density at radius 2 is 2.05 bits per heavy atom. The second-order valence-electron chi connectivity index (χ2n) is 4.83. The van der Waals surface area contributed by atoms with Gasteiger partial charge in [0.2, 0.25) is 11.7 Å². The largest absolute Gasteiger partial charge is 0.339 e. The van der Waals surface area contributed by atoms with Gasteiger partial charge in [-0.15, -0.1) is 0 Å². The Morgan fingerprint density at radius 1 is 1.32 bits per heavy atom. The maximum atomic E-state index is 5.33. The van der Waals surface area contributed by atoms with Crippen LogP contribution in [0.4, 0.5) is 0 Å². The minimum Gasteiger partial charge on any atom is -0.339 e. The number of rotatable bonds is 5. The van der Waals surface area contributed by atoms with Gasteiger partial charge in [-0.2, -0.15) is 4.98 Å². The van der Waals surface area contributed by atoms with Crippen LogP contribution in [0.3, 0.4) is 0 Å². The summed E-state index contributed by atoms with van der Waals surface area (Å²) in [6, 6.07) is 8.20. The zero-order chi connectivity index (χ0) is 13.8. The van der Waals surface area contributed by atoms with Gasteiger partial charge in [0.1, 0.15) is 0 Å². The van der Waals surface area contributed by atoms with E-state index in [4.69, 9.17) is 4.52 Å². The van der Waals surface area contributed by atoms with Crippen molar-refractivity contribution in [3.63, 3.8) is 0 Å². The van der Waals surface area contributed by atoms with Gasteiger partial charge in [-0.3, -0.25) is 0 Å². The molecule has 5 heteroatoms. The fraction of sp³-hybridized carbons (Fsp3) is 0.429. The molecule has 0 bridgehead atoms. The van der Waals surface area contributed by atoms with Gasteiger partial charge in [-0.05, 0) is 25.1 Å². The maximum absolute atomic E-state index is 5.33. The van der Waals surface area contributed by atoms with Crippen molar-refractivity contribution in [1.82, 2.24) is 15.5 Å². The van der Waals surface area contributed by atoms with Gasteiger partial charge in [0, 0.05) is 22.5 Å². The van der Waals surface area contributed by atoms with Crippen molar-refractivity contribution in [3.8, 4) is 11.4 Å². The number of hydrogen-bond donors (Lipinski definition) is 1. The highest BCUT2D eigenvalue weighted by atomic mass is 79.9. The zero-order valence-corrected chi connectivity index (χ0v) is 12.9. The molecule has 0 aliphatic heterocycles. The van der Waals surface area contributed by atoms with Crippen molar-refractivity contribution in [2.45, 2.75) is 26.3 Å². The zero-order valence-electron chi connectivity index (χ0n) is 11.4. The van der Waals surface area contributed by atoms with Crippen molar-refractivity contribution < 1.29 is 4.52 Å². The predicted molar refractivity (Wildman–Crippen MR) is 78.8 cm³/mol. The Labute approximate surface area is 121 Å². The third-order valence-electron chi connectivity index (χ3n) is 3.15. The predicted octanol–water partition coefficient (Wildman–Crippen LogP) is 3.29. The summed E-state index contributed by atoms with van der Waals surface area (Å²) in [5.41, 5.74) is 0.947. The molecule has 0 fully saturated rings. The molecule has 4 nitrogen and oxygen atoms in total. The molecule has 0 radical (unpaired) electrons. The number of halogens is 1. The van der Waals surface area contributed by atoms with Crippen LogP contribution in [0.15, 0.2) is 33.3 Å². The average molecular weight is 324 g/mol. The average Bonchev–Trinajstić information content (AvgIpc) is 2.84. The van der Waals surface area contributed by atoms with Gasteiger partial charge < -0.3 is 9.84 Å². The molecular formula is C14H18BrN3O. The number of nitrogens with one attached hydrogen (secondary N) is 1. The number of hydrogen-bond acceptors (Lipinski definition) is 4. The molecule has 102 valence electrons. The van der Waals surface area contributed by atoms with E-state index in [0.717, 1.165) is 16.5 Å². The molecule has 0 amide bonds. The summed E-state index contributed by atoms with van der Waals surface area (Å²) in [7, 11) is 1.95. The van der Waals surface area contributed by atoms with Crippen LogP contribution in [0, 0.1) is 5.92 Å². The second-order valence-corrected chi connectivity index (χ2v) is 5.69. The van der Waals surface area contributed by atoms with Crippen LogP contribution in [-0.4, -0.2) is 23.2 Å². The molecule has 0 spiro atoms. The first-order valence-electron chi connectivity index (χ1n) is 6.36. The van der Waals surface area contributed by atoms with Crippen LogP contribution in [0.25, 0.3) is 11.4 Å². The van der Waals surface area contributed by atoms with Crippen LogP contribution in [0.2, 0.25) is 0 Å². The van der Waals surface area contributed by atoms with E-state index < -0.39 is 0 Å². The molecule has 2 aromatic rings. The van der Waals surface area contributed by atoms with Gasteiger partial charge in [-0.25, -0.2) is 0 Å². The van der Waals surface area contributed by atoms with Gasteiger partial charge in [0.25, 0.3) is 0 Å². The molecule has 1 aromatic heterocycles. The molecule has 1 unspecified atom stereocenters. The Bertz CT molecular complexity index is 539. The van der Waals surface area contributed by atoms with Crippen LogP contribution in [0.1, 0.15) is 19.7 Å². The smallest absolute Gasteiger partial charge is 0.228 e. The molecule has 1 atom stereocenters. The molecule has 2 rings (SSSR count). The van der Waals surface area contributed by atoms with Crippen molar-refractivity contribution in [2.24, 2.45) is 5.92 Å². The molecule has 0 aliphatic rings. The van der Waals surface area contributed by atoms with E-state index in [0.29, 0.717) is 23.7 Å². The molecule has 0 saturated heterocycles. The maximum Gasteiger partial charge on any atom is 0.228 e. The Hall–Kier alpha value is -1.20. The van der Waals surface area contributed by atoms with E-state index >= 15 is 0 Å². The third-order valence-corrected chi connectivity index (χ3v) is 3.84. The topological polar surface area (TPSA) is 51.0 Å². The monoisotopic (exact) mass is 323 g/mol. The van der Waals surface area contributed by atoms with Crippen molar-refractivity contribution in [3.05, 3.63) is 34.6 Å². The first-order valence-corrected chi connectivity index (χ1v) is 7.16. The van der Waals surface area contributed by atoms with Crippen LogP contribution in [0.5, 0.6) is 0 Å². The molecule has 19 heavy (non-hydrogen) atoms. The Balaban J connectivity index is 2.18. The standard InChI is InChI=1S/C14H18BrN3O/c1-9(2)12(16-3)8-13-17-14(18-19-13)10-6-4-5-7-11(10)15/h4-7,9,12,16H,8H2,1-3H3. The van der Waals surface area contributed by atoms with E-state index in [-0.39, 0.29) is 0 Å². The fourth-order valence-corrected chi connectivity index (χ4v) is 2.41. The number of nitrogens with zero attached hydrogens (tertiary/aromatic N) is 2. The highest BCUT2D eigenvalue weighted by molar-refractivity contribution is 9.10. The third kappa shape index (κ3) is 3.42. The summed E-state index contributed by atoms with van der Waals surface area (Å²) < 4.78 is 6.30. The van der Waals surface area contributed by atoms with E-state index in [1.165, 1.54) is 0 Å². The van der Waals surface area contributed by atoms with Crippen LogP contribution in [-0.2, 0) is 6.42 Å². The molecule has 1 N–H and O–H groups in total. The molecule has 0 saturated carbocycles. The van der Waals surface area contributed by atoms with Crippen LogP contribution < -0.4 is 5.32 Å². The summed E-state index contributed by atoms with van der Waals surface area (Å²) in [6.45, 7) is 4.35. The van der Waals surface area contributed by atoms with Crippen LogP contribution >= 0.6 is 15.9 Å². The van der Waals surface area contributed by atoms with Gasteiger partial charge in [0.05, 0.1) is 0 Å². The van der Waals surface area contributed by atoms with E-state index in [2.05, 4.69) is 45.2 Å². The summed E-state index contributed by atoms with van der Waals surface area (Å²) >= 11 is 3.50. The lowest BCUT2D eigenvalue weighted by atomic mass is 10.0. The number of likely N-dealkylation sites (N-methyl/N-ethyl adjacent to an activating group) is 1. The summed E-state index contributed by atoms with van der Waals surface area (Å²) in [5.74, 6) is 1.81. The lowest BCUT2D eigenvalue weighted by molar-refractivity contribution is 0.335. The fourth-order valence-electron chi connectivity index (χ4n) is 1.95. The summed E-state index contributed by atoms with van der Waals surface area (Å²) in [5, 5.41) is 7.32. The Morgan fingerprint density at radius 3 is 2.68 bits per heavy atom. The highest BCUT2D eigenvalue weighted by Gasteiger charge is 2.17. The van der Waals surface area contributed by atoms with E-state index in [1.807, 2.05) is 31.3 Å². The minimum atomic E-state index is 0.340. The number of benzene rings is 1. The summed E-state index contributed by atoms with van der Waals surface area (Å²) in [4.78, 5) is 4.46. The quantitative estimate of drug-likeness (QED) is 0.917. The number of aromatic nitrogens is 2. The van der Waals surface area contributed by atoms with Gasteiger partial charge in [0.15, 0.2) is 0 Å². The lowest BCUT2D eigenvalue weighted by Gasteiger charge is -2.17. The Kier molecular flexibility index (Phi) is 4.71. The van der Waals surface area contributed by atoms with E-state index in [1.54, 1.807) is 0 Å². The molecule has 1 heterocycles. The molecular weight excluding hydrogens is 306 g/mol. The summed E-state index contributed by atoms with van der Waals surface area (Å²) in [6.07, 6.45) is 0.742. The van der Waals surface area contributed by atoms with E-state index in [9.17, 15) is 0 Å². The first kappa shape index (κ1) is 14.2. The van der Waals surface area contributed by atoms with Gasteiger partial charge >= 0.3 is 0 Å². The lowest BCUT2D eigenvalue weighted by Crippen LogP contribution is -2.32. The van der Waals surface area contributed by atoms with Gasteiger partial charge in [-0.1, -0.05) is 47.1 Å². The second kappa shape index (κ2) is 6.30. The SMILES string of the molecule is CNC(Cc1nc(-c2ccccc2Br)no1)C(C)C. The van der Waals surface area contributed by atoms with Crippen molar-refractivity contribution >= 4 is 15.9 Å². The molecule has 0 aliphatic carbocycles. The highest BCUT2D eigenvalue weighted by Crippen LogP contribution is 2.25. The van der Waals surface area contributed by atoms with Crippen molar-refractivity contribution in [1.29, 1.82) is 0 Å². The molecule has 1 aromatic carbocycles. The normalized spacial score (nSPS) is 12.9. The van der Waals surface area contributed by atoms with Crippen molar-refractivity contribution in [2.75, 3.05) is 7.05 Å². The minimum absolute atomic E-state index is 0.340.